The van der Waals surface area contributed by atoms with Gasteiger partial charge in [-0.15, -0.1) is 0 Å². The quantitative estimate of drug-likeness (QED) is 0.813. The summed E-state index contributed by atoms with van der Waals surface area (Å²) >= 11 is 5.63. The van der Waals surface area contributed by atoms with Crippen molar-refractivity contribution in [2.24, 2.45) is 0 Å². The summed E-state index contributed by atoms with van der Waals surface area (Å²) in [6, 6.07) is 10.6. The summed E-state index contributed by atoms with van der Waals surface area (Å²) in [7, 11) is 0. The van der Waals surface area contributed by atoms with Crippen LogP contribution in [0.2, 0.25) is 5.02 Å². The Morgan fingerprint density at radius 1 is 1.10 bits per heavy atom. The van der Waals surface area contributed by atoms with Gasteiger partial charge in [-0.1, -0.05) is 41.4 Å². The van der Waals surface area contributed by atoms with Gasteiger partial charge in [0.1, 0.15) is 11.6 Å². The molecular weight excluding hydrogens is 275 g/mol. The van der Waals surface area contributed by atoms with E-state index in [0.29, 0.717) is 12.0 Å². The minimum Gasteiger partial charge on any atom is -0.299 e. The SMILES string of the molecule is Cc1ccc(C)c(CC(=O)Cc2ccc(Cl)c(F)c2)c1. The molecule has 0 heterocycles. The van der Waals surface area contributed by atoms with Crippen LogP contribution in [0.4, 0.5) is 4.39 Å². The lowest BCUT2D eigenvalue weighted by Crippen LogP contribution is -2.08. The van der Waals surface area contributed by atoms with Gasteiger partial charge < -0.3 is 0 Å². The number of aryl methyl sites for hydroxylation is 2. The fourth-order valence-corrected chi connectivity index (χ4v) is 2.26. The molecule has 0 bridgehead atoms. The van der Waals surface area contributed by atoms with Gasteiger partial charge in [0.2, 0.25) is 0 Å². The van der Waals surface area contributed by atoms with Gasteiger partial charge in [-0.2, -0.15) is 0 Å². The minimum absolute atomic E-state index is 0.0698. The molecule has 2 aromatic carbocycles. The molecule has 0 aliphatic heterocycles. The summed E-state index contributed by atoms with van der Waals surface area (Å²) in [5, 5.41) is 0.0794. The number of halogens is 2. The van der Waals surface area contributed by atoms with Gasteiger partial charge in [0.25, 0.3) is 0 Å². The molecule has 0 amide bonds. The zero-order chi connectivity index (χ0) is 14.7. The number of rotatable bonds is 4. The highest BCUT2D eigenvalue weighted by atomic mass is 35.5. The Morgan fingerprint density at radius 2 is 1.85 bits per heavy atom. The normalized spacial score (nSPS) is 10.6. The van der Waals surface area contributed by atoms with Gasteiger partial charge in [-0.3, -0.25) is 4.79 Å². The van der Waals surface area contributed by atoms with Gasteiger partial charge in [0.15, 0.2) is 0 Å². The molecule has 0 atom stereocenters. The molecular formula is C17H16ClFO. The van der Waals surface area contributed by atoms with Crippen LogP contribution in [0.25, 0.3) is 0 Å². The Hall–Kier alpha value is -1.67. The predicted molar refractivity (Wildman–Crippen MR) is 79.7 cm³/mol. The fraction of sp³-hybridized carbons (Fsp3) is 0.235. The maximum Gasteiger partial charge on any atom is 0.142 e. The fourth-order valence-electron chi connectivity index (χ4n) is 2.14. The smallest absolute Gasteiger partial charge is 0.142 e. The first-order chi connectivity index (χ1) is 9.45. The van der Waals surface area contributed by atoms with Crippen LogP contribution in [-0.4, -0.2) is 5.78 Å². The van der Waals surface area contributed by atoms with Crippen molar-refractivity contribution in [2.75, 3.05) is 0 Å². The van der Waals surface area contributed by atoms with Crippen LogP contribution < -0.4 is 0 Å². The Bertz CT molecular complexity index is 649. The highest BCUT2D eigenvalue weighted by molar-refractivity contribution is 6.30. The molecule has 0 saturated carbocycles. The van der Waals surface area contributed by atoms with Gasteiger partial charge >= 0.3 is 0 Å². The van der Waals surface area contributed by atoms with Gasteiger partial charge in [-0.05, 0) is 42.7 Å². The summed E-state index contributed by atoms with van der Waals surface area (Å²) in [6.07, 6.45) is 0.596. The Balaban J connectivity index is 2.09. The van der Waals surface area contributed by atoms with Crippen LogP contribution >= 0.6 is 11.6 Å². The molecule has 0 spiro atoms. The lowest BCUT2D eigenvalue weighted by atomic mass is 9.98. The maximum absolute atomic E-state index is 13.3. The topological polar surface area (TPSA) is 17.1 Å². The van der Waals surface area contributed by atoms with Crippen LogP contribution in [0.3, 0.4) is 0 Å². The van der Waals surface area contributed by atoms with Crippen molar-refractivity contribution in [3.63, 3.8) is 0 Å². The van der Waals surface area contributed by atoms with E-state index in [4.69, 9.17) is 11.6 Å². The number of benzene rings is 2. The van der Waals surface area contributed by atoms with Crippen LogP contribution in [-0.2, 0) is 17.6 Å². The van der Waals surface area contributed by atoms with Crippen molar-refractivity contribution < 1.29 is 9.18 Å². The third-order valence-corrected chi connectivity index (χ3v) is 3.58. The van der Waals surface area contributed by atoms with E-state index < -0.39 is 5.82 Å². The standard InChI is InChI=1S/C17H16ClFO/c1-11-3-4-12(2)14(7-11)10-15(20)8-13-5-6-16(18)17(19)9-13/h3-7,9H,8,10H2,1-2H3. The lowest BCUT2D eigenvalue weighted by Gasteiger charge is -2.07. The number of ketones is 1. The van der Waals surface area contributed by atoms with E-state index in [0.717, 1.165) is 16.7 Å². The largest absolute Gasteiger partial charge is 0.299 e. The van der Waals surface area contributed by atoms with Gasteiger partial charge in [0, 0.05) is 12.8 Å². The second-order valence-corrected chi connectivity index (χ2v) is 5.48. The van der Waals surface area contributed by atoms with Crippen molar-refractivity contribution in [1.82, 2.24) is 0 Å². The molecule has 2 aromatic rings. The molecule has 2 rings (SSSR count). The number of carbonyl (C=O) groups is 1. The highest BCUT2D eigenvalue weighted by Gasteiger charge is 2.09. The van der Waals surface area contributed by atoms with Crippen LogP contribution in [0.15, 0.2) is 36.4 Å². The minimum atomic E-state index is -0.483. The van der Waals surface area contributed by atoms with Crippen LogP contribution in [0.1, 0.15) is 22.3 Å². The first kappa shape index (κ1) is 14.7. The van der Waals surface area contributed by atoms with Crippen molar-refractivity contribution in [1.29, 1.82) is 0 Å². The van der Waals surface area contributed by atoms with Crippen molar-refractivity contribution in [3.05, 3.63) is 69.5 Å². The summed E-state index contributed by atoms with van der Waals surface area (Å²) in [4.78, 5) is 12.1. The summed E-state index contributed by atoms with van der Waals surface area (Å²) in [6.45, 7) is 3.99. The van der Waals surface area contributed by atoms with E-state index in [-0.39, 0.29) is 17.2 Å². The van der Waals surface area contributed by atoms with Crippen molar-refractivity contribution in [3.8, 4) is 0 Å². The molecule has 1 nitrogen and oxygen atoms in total. The molecule has 0 fully saturated rings. The highest BCUT2D eigenvalue weighted by Crippen LogP contribution is 2.17. The Kier molecular flexibility index (Phi) is 4.56. The summed E-state index contributed by atoms with van der Waals surface area (Å²) < 4.78 is 13.3. The lowest BCUT2D eigenvalue weighted by molar-refractivity contribution is -0.117. The van der Waals surface area contributed by atoms with E-state index >= 15 is 0 Å². The number of carbonyl (C=O) groups excluding carboxylic acids is 1. The molecule has 0 aliphatic carbocycles. The average Bonchev–Trinajstić information content (AvgIpc) is 2.38. The average molecular weight is 291 g/mol. The molecule has 0 aromatic heterocycles. The van der Waals surface area contributed by atoms with Crippen LogP contribution in [0, 0.1) is 19.7 Å². The third-order valence-electron chi connectivity index (χ3n) is 3.28. The first-order valence-electron chi connectivity index (χ1n) is 6.47. The van der Waals surface area contributed by atoms with E-state index in [2.05, 4.69) is 0 Å². The Labute approximate surface area is 123 Å². The van der Waals surface area contributed by atoms with E-state index in [9.17, 15) is 9.18 Å². The second-order valence-electron chi connectivity index (χ2n) is 5.07. The molecule has 0 saturated heterocycles. The van der Waals surface area contributed by atoms with Gasteiger partial charge in [-0.25, -0.2) is 4.39 Å². The molecule has 20 heavy (non-hydrogen) atoms. The third kappa shape index (κ3) is 3.67. The molecule has 0 radical (unpaired) electrons. The number of Topliss-reactive ketones (excluding diaryl/α,β-unsaturated/α-hetero) is 1. The Morgan fingerprint density at radius 3 is 2.55 bits per heavy atom. The molecule has 0 N–H and O–H groups in total. The number of hydrogen-bond acceptors (Lipinski definition) is 1. The van der Waals surface area contributed by atoms with E-state index in [1.54, 1.807) is 6.07 Å². The second kappa shape index (κ2) is 6.19. The van der Waals surface area contributed by atoms with Gasteiger partial charge in [0.05, 0.1) is 5.02 Å². The van der Waals surface area contributed by atoms with Crippen LogP contribution in [0.5, 0.6) is 0 Å². The van der Waals surface area contributed by atoms with E-state index in [1.807, 2.05) is 32.0 Å². The number of hydrogen-bond donors (Lipinski definition) is 0. The monoisotopic (exact) mass is 290 g/mol. The van der Waals surface area contributed by atoms with Crippen molar-refractivity contribution in [2.45, 2.75) is 26.7 Å². The van der Waals surface area contributed by atoms with E-state index in [1.165, 1.54) is 12.1 Å². The predicted octanol–water partition coefficient (Wildman–Crippen LogP) is 4.45. The zero-order valence-electron chi connectivity index (χ0n) is 11.5. The maximum atomic E-state index is 13.3. The van der Waals surface area contributed by atoms with Crippen molar-refractivity contribution >= 4 is 17.4 Å². The molecule has 0 unspecified atom stereocenters. The zero-order valence-corrected chi connectivity index (χ0v) is 12.3. The summed E-state index contributed by atoms with van der Waals surface area (Å²) in [5.41, 5.74) is 3.92. The summed E-state index contributed by atoms with van der Waals surface area (Å²) in [5.74, 6) is -0.413. The first-order valence-corrected chi connectivity index (χ1v) is 6.85. The molecule has 3 heteroatoms. The molecule has 0 aliphatic rings. The molecule has 104 valence electrons.